The molecule has 1 aromatic rings. The summed E-state index contributed by atoms with van der Waals surface area (Å²) in [5.74, 6) is 0.263. The van der Waals surface area contributed by atoms with Gasteiger partial charge in [-0.05, 0) is 44.0 Å². The summed E-state index contributed by atoms with van der Waals surface area (Å²) >= 11 is 0. The largest absolute Gasteiger partial charge is 0.372 e. The lowest BCUT2D eigenvalue weighted by Gasteiger charge is -2.32. The van der Waals surface area contributed by atoms with Crippen molar-refractivity contribution in [2.45, 2.75) is 25.7 Å². The van der Waals surface area contributed by atoms with Crippen molar-refractivity contribution in [3.05, 3.63) is 29.8 Å². The Labute approximate surface area is 133 Å². The fraction of sp³-hybridized carbons (Fsp3) is 0.611. The number of likely N-dealkylation sites (N-methyl/N-ethyl adjacent to an activating group) is 1. The quantitative estimate of drug-likeness (QED) is 0.854. The number of carbonyl (C=O) groups is 1. The van der Waals surface area contributed by atoms with E-state index in [2.05, 4.69) is 41.1 Å². The topological polar surface area (TPSA) is 26.8 Å². The van der Waals surface area contributed by atoms with Gasteiger partial charge in [0.15, 0.2) is 0 Å². The molecule has 2 heterocycles. The van der Waals surface area contributed by atoms with Crippen LogP contribution in [0.4, 0.5) is 5.69 Å². The van der Waals surface area contributed by atoms with Crippen LogP contribution in [-0.2, 0) is 11.2 Å². The Kier molecular flexibility index (Phi) is 4.98. The van der Waals surface area contributed by atoms with Crippen molar-refractivity contribution in [3.8, 4) is 0 Å². The molecule has 0 atom stereocenters. The third-order valence-corrected chi connectivity index (χ3v) is 4.87. The molecule has 2 aliphatic heterocycles. The van der Waals surface area contributed by atoms with E-state index >= 15 is 0 Å². The van der Waals surface area contributed by atoms with Gasteiger partial charge in [-0.2, -0.15) is 0 Å². The summed E-state index contributed by atoms with van der Waals surface area (Å²) in [5, 5.41) is 0. The van der Waals surface area contributed by atoms with E-state index in [4.69, 9.17) is 0 Å². The fourth-order valence-electron chi connectivity index (χ4n) is 3.32. The molecule has 2 saturated heterocycles. The second-order valence-electron chi connectivity index (χ2n) is 6.57. The van der Waals surface area contributed by atoms with Crippen molar-refractivity contribution in [3.63, 3.8) is 0 Å². The number of piperidine rings is 1. The van der Waals surface area contributed by atoms with Gasteiger partial charge in [-0.1, -0.05) is 12.1 Å². The standard InChI is InChI=1S/C18H27N3O/c1-19-11-13-21(14-12-19)18(22)15-16-5-7-17(8-6-16)20-9-3-2-4-10-20/h5-8H,2-4,9-15H2,1H3. The molecule has 0 aliphatic carbocycles. The fourth-order valence-corrected chi connectivity index (χ4v) is 3.32. The summed E-state index contributed by atoms with van der Waals surface area (Å²) in [5.41, 5.74) is 2.43. The number of carbonyl (C=O) groups excluding carboxylic acids is 1. The smallest absolute Gasteiger partial charge is 0.227 e. The van der Waals surface area contributed by atoms with Crippen LogP contribution in [0.5, 0.6) is 0 Å². The number of nitrogens with zero attached hydrogens (tertiary/aromatic N) is 3. The molecule has 3 rings (SSSR count). The Bertz CT molecular complexity index is 486. The predicted molar refractivity (Wildman–Crippen MR) is 90.3 cm³/mol. The maximum absolute atomic E-state index is 12.4. The minimum Gasteiger partial charge on any atom is -0.372 e. The third-order valence-electron chi connectivity index (χ3n) is 4.87. The highest BCUT2D eigenvalue weighted by Crippen LogP contribution is 2.20. The van der Waals surface area contributed by atoms with Crippen LogP contribution in [0.15, 0.2) is 24.3 Å². The summed E-state index contributed by atoms with van der Waals surface area (Å²) in [4.78, 5) is 19.1. The van der Waals surface area contributed by atoms with Crippen LogP contribution in [-0.4, -0.2) is 62.0 Å². The van der Waals surface area contributed by atoms with E-state index < -0.39 is 0 Å². The van der Waals surface area contributed by atoms with E-state index in [1.54, 1.807) is 0 Å². The Balaban J connectivity index is 1.55. The molecular weight excluding hydrogens is 274 g/mol. The molecular formula is C18H27N3O. The molecule has 0 unspecified atom stereocenters. The number of hydrogen-bond acceptors (Lipinski definition) is 3. The summed E-state index contributed by atoms with van der Waals surface area (Å²) in [6, 6.07) is 8.60. The molecule has 0 aromatic heterocycles. The zero-order chi connectivity index (χ0) is 15.4. The number of anilines is 1. The van der Waals surface area contributed by atoms with Crippen molar-refractivity contribution in [1.82, 2.24) is 9.80 Å². The molecule has 1 amide bonds. The molecule has 120 valence electrons. The van der Waals surface area contributed by atoms with Gasteiger partial charge in [0.05, 0.1) is 6.42 Å². The molecule has 1 aromatic carbocycles. The van der Waals surface area contributed by atoms with Gasteiger partial charge in [0, 0.05) is 45.0 Å². The Morgan fingerprint density at radius 1 is 0.909 bits per heavy atom. The van der Waals surface area contributed by atoms with Crippen molar-refractivity contribution in [1.29, 1.82) is 0 Å². The monoisotopic (exact) mass is 301 g/mol. The van der Waals surface area contributed by atoms with Gasteiger partial charge in [0.1, 0.15) is 0 Å². The number of hydrogen-bond donors (Lipinski definition) is 0. The van der Waals surface area contributed by atoms with Crippen LogP contribution >= 0.6 is 0 Å². The number of piperazine rings is 1. The van der Waals surface area contributed by atoms with Crippen LogP contribution < -0.4 is 4.90 Å². The van der Waals surface area contributed by atoms with Gasteiger partial charge in [0.25, 0.3) is 0 Å². The molecule has 22 heavy (non-hydrogen) atoms. The van der Waals surface area contributed by atoms with Crippen molar-refractivity contribution >= 4 is 11.6 Å². The molecule has 0 spiro atoms. The predicted octanol–water partition coefficient (Wildman–Crippen LogP) is 1.99. The van der Waals surface area contributed by atoms with Gasteiger partial charge in [-0.3, -0.25) is 4.79 Å². The molecule has 0 N–H and O–H groups in total. The first-order chi connectivity index (χ1) is 10.7. The number of amides is 1. The third kappa shape index (κ3) is 3.80. The van der Waals surface area contributed by atoms with Gasteiger partial charge < -0.3 is 14.7 Å². The van der Waals surface area contributed by atoms with Crippen LogP contribution in [0.3, 0.4) is 0 Å². The highest BCUT2D eigenvalue weighted by Gasteiger charge is 2.19. The molecule has 4 nitrogen and oxygen atoms in total. The summed E-state index contributed by atoms with van der Waals surface area (Å²) < 4.78 is 0. The lowest BCUT2D eigenvalue weighted by Crippen LogP contribution is -2.47. The number of benzene rings is 1. The van der Waals surface area contributed by atoms with E-state index in [0.29, 0.717) is 6.42 Å². The van der Waals surface area contributed by atoms with Crippen molar-refractivity contribution in [2.24, 2.45) is 0 Å². The lowest BCUT2D eigenvalue weighted by molar-refractivity contribution is -0.132. The van der Waals surface area contributed by atoms with Crippen LogP contribution in [0.1, 0.15) is 24.8 Å². The summed E-state index contributed by atoms with van der Waals surface area (Å²) in [6.45, 7) is 6.03. The zero-order valence-corrected chi connectivity index (χ0v) is 13.6. The minimum absolute atomic E-state index is 0.263. The highest BCUT2D eigenvalue weighted by molar-refractivity contribution is 5.79. The molecule has 0 bridgehead atoms. The maximum Gasteiger partial charge on any atom is 0.227 e. The van der Waals surface area contributed by atoms with Crippen LogP contribution in [0.2, 0.25) is 0 Å². The summed E-state index contributed by atoms with van der Waals surface area (Å²) in [6.07, 6.45) is 4.48. The molecule has 2 aliphatic rings. The van der Waals surface area contributed by atoms with E-state index in [1.165, 1.54) is 38.0 Å². The first kappa shape index (κ1) is 15.3. The number of rotatable bonds is 3. The normalized spacial score (nSPS) is 20.2. The molecule has 2 fully saturated rings. The average molecular weight is 301 g/mol. The van der Waals surface area contributed by atoms with E-state index in [9.17, 15) is 4.79 Å². The van der Waals surface area contributed by atoms with Gasteiger partial charge in [-0.25, -0.2) is 0 Å². The van der Waals surface area contributed by atoms with Gasteiger partial charge in [0.2, 0.25) is 5.91 Å². The highest BCUT2D eigenvalue weighted by atomic mass is 16.2. The van der Waals surface area contributed by atoms with Gasteiger partial charge >= 0.3 is 0 Å². The van der Waals surface area contributed by atoms with Crippen LogP contribution in [0.25, 0.3) is 0 Å². The zero-order valence-electron chi connectivity index (χ0n) is 13.6. The van der Waals surface area contributed by atoms with E-state index in [-0.39, 0.29) is 5.91 Å². The second kappa shape index (κ2) is 7.14. The maximum atomic E-state index is 12.4. The molecule has 4 heteroatoms. The van der Waals surface area contributed by atoms with E-state index in [0.717, 1.165) is 31.7 Å². The summed E-state index contributed by atoms with van der Waals surface area (Å²) in [7, 11) is 2.11. The Hall–Kier alpha value is -1.55. The van der Waals surface area contributed by atoms with Crippen LogP contribution in [0, 0.1) is 0 Å². The Morgan fingerprint density at radius 2 is 1.55 bits per heavy atom. The Morgan fingerprint density at radius 3 is 2.18 bits per heavy atom. The minimum atomic E-state index is 0.263. The first-order valence-electron chi connectivity index (χ1n) is 8.52. The second-order valence-corrected chi connectivity index (χ2v) is 6.57. The van der Waals surface area contributed by atoms with Crippen molar-refractivity contribution < 1.29 is 4.79 Å². The van der Waals surface area contributed by atoms with Crippen molar-refractivity contribution in [2.75, 3.05) is 51.2 Å². The first-order valence-corrected chi connectivity index (χ1v) is 8.52. The molecule has 0 saturated carbocycles. The SMILES string of the molecule is CN1CCN(C(=O)Cc2ccc(N3CCCCC3)cc2)CC1. The average Bonchev–Trinajstić information content (AvgIpc) is 2.57. The van der Waals surface area contributed by atoms with E-state index in [1.807, 2.05) is 4.90 Å². The molecule has 0 radical (unpaired) electrons. The van der Waals surface area contributed by atoms with Gasteiger partial charge in [-0.15, -0.1) is 0 Å². The lowest BCUT2D eigenvalue weighted by atomic mass is 10.1.